The molecule has 1 aromatic heterocycles. The fraction of sp³-hybridized carbons (Fsp3) is 0.488. The zero-order chi connectivity index (χ0) is 39.8. The van der Waals surface area contributed by atoms with Crippen molar-refractivity contribution >= 4 is 23.8 Å². The third-order valence-corrected chi connectivity index (χ3v) is 11.0. The van der Waals surface area contributed by atoms with Crippen LogP contribution >= 0.6 is 0 Å². The summed E-state index contributed by atoms with van der Waals surface area (Å²) in [6.45, 7) is 3.74. The third-order valence-electron chi connectivity index (χ3n) is 11.0. The van der Waals surface area contributed by atoms with E-state index in [1.54, 1.807) is 18.0 Å². The van der Waals surface area contributed by atoms with E-state index in [0.29, 0.717) is 64.2 Å². The van der Waals surface area contributed by atoms with E-state index in [0.717, 1.165) is 28.7 Å². The number of nitrogens with zero attached hydrogens (tertiary/aromatic N) is 4. The lowest BCUT2D eigenvalue weighted by molar-refractivity contribution is -0.137. The summed E-state index contributed by atoms with van der Waals surface area (Å²) in [5.74, 6) is -3.40. The van der Waals surface area contributed by atoms with Gasteiger partial charge in [-0.3, -0.25) is 19.3 Å². The van der Waals surface area contributed by atoms with Crippen molar-refractivity contribution in [3.63, 3.8) is 0 Å². The minimum absolute atomic E-state index is 0.0231. The highest BCUT2D eigenvalue weighted by atomic mass is 19.1. The molecule has 300 valence electrons. The Kier molecular flexibility index (Phi) is 13.6. The molecule has 0 aliphatic carbocycles. The number of hydrogen-bond acceptors (Lipinski definition) is 7. The average molecular weight is 778 g/mol. The maximum absolute atomic E-state index is 15.4. The summed E-state index contributed by atoms with van der Waals surface area (Å²) in [6.07, 6.45) is 5.69. The lowest BCUT2D eigenvalue weighted by Crippen LogP contribution is -2.51. The number of benzene rings is 2. The number of aromatic nitrogens is 2. The molecule has 2 fully saturated rings. The zero-order valence-electron chi connectivity index (χ0n) is 31.5. The van der Waals surface area contributed by atoms with Crippen LogP contribution in [0.3, 0.4) is 0 Å². The number of imide groups is 1. The van der Waals surface area contributed by atoms with Gasteiger partial charge in [0, 0.05) is 87.7 Å². The van der Waals surface area contributed by atoms with Crippen LogP contribution in [0.1, 0.15) is 62.9 Å². The minimum atomic E-state index is -1.21. The first-order valence-corrected chi connectivity index (χ1v) is 19.4. The highest BCUT2D eigenvalue weighted by Crippen LogP contribution is 2.38. The Morgan fingerprint density at radius 2 is 1.79 bits per heavy atom. The van der Waals surface area contributed by atoms with Crippen LogP contribution in [0.5, 0.6) is 0 Å². The molecule has 1 unspecified atom stereocenters. The van der Waals surface area contributed by atoms with Gasteiger partial charge in [-0.1, -0.05) is 36.8 Å². The Hall–Kier alpha value is -5.02. The van der Waals surface area contributed by atoms with Crippen molar-refractivity contribution in [2.45, 2.75) is 70.2 Å². The molecule has 2 aromatic carbocycles. The fourth-order valence-electron chi connectivity index (χ4n) is 7.96. The fourth-order valence-corrected chi connectivity index (χ4v) is 7.96. The number of imidazole rings is 1. The summed E-state index contributed by atoms with van der Waals surface area (Å²) in [6, 6.07) is 11.0. The van der Waals surface area contributed by atoms with Crippen molar-refractivity contribution in [1.82, 2.24) is 30.0 Å². The molecule has 0 bridgehead atoms. The van der Waals surface area contributed by atoms with E-state index >= 15 is 8.78 Å². The molecule has 3 aliphatic rings. The van der Waals surface area contributed by atoms with E-state index in [1.165, 1.54) is 12.2 Å². The molecule has 2 saturated heterocycles. The molecule has 3 aliphatic heterocycles. The number of nitrogens with one attached hydrogen (secondary N) is 2. The summed E-state index contributed by atoms with van der Waals surface area (Å²) in [4.78, 5) is 58.8. The second kappa shape index (κ2) is 18.7. The zero-order valence-corrected chi connectivity index (χ0v) is 31.5. The van der Waals surface area contributed by atoms with Gasteiger partial charge in [0.1, 0.15) is 23.6 Å². The van der Waals surface area contributed by atoms with E-state index in [4.69, 9.17) is 15.5 Å². The number of carbonyl (C=O) groups is 4. The third kappa shape index (κ3) is 10.0. The van der Waals surface area contributed by atoms with Crippen LogP contribution in [0, 0.1) is 29.4 Å². The minimum Gasteiger partial charge on any atom is -0.381 e. The van der Waals surface area contributed by atoms with Gasteiger partial charge in [-0.2, -0.15) is 0 Å². The van der Waals surface area contributed by atoms with E-state index in [9.17, 15) is 23.6 Å². The van der Waals surface area contributed by atoms with Crippen molar-refractivity contribution in [3.8, 4) is 11.3 Å². The molecule has 3 aromatic rings. The van der Waals surface area contributed by atoms with E-state index in [1.807, 2.05) is 34.9 Å². The Labute approximate surface area is 324 Å². The first kappa shape index (κ1) is 40.6. The molecule has 56 heavy (non-hydrogen) atoms. The number of rotatable bonds is 17. The number of carbonyl (C=O) groups excluding carboxylic acids is 4. The summed E-state index contributed by atoms with van der Waals surface area (Å²) < 4.78 is 52.7. The smallest absolute Gasteiger partial charge is 0.318 e. The number of unbranched alkanes of at least 4 members (excludes halogenated alkanes) is 1. The Morgan fingerprint density at radius 1 is 1.05 bits per heavy atom. The Balaban J connectivity index is 1.29. The highest BCUT2D eigenvalue weighted by molar-refractivity contribution is 6.12. The van der Waals surface area contributed by atoms with Gasteiger partial charge >= 0.3 is 6.03 Å². The normalized spacial score (nSPS) is 20.3. The van der Waals surface area contributed by atoms with Crippen LogP contribution in [0.15, 0.2) is 66.9 Å². The van der Waals surface area contributed by atoms with Crippen LogP contribution in [0.25, 0.3) is 11.3 Å². The molecule has 15 heteroatoms. The molecule has 6 rings (SSSR count). The standard InChI is InChI=1S/C41H50F3N7O5/c1-26(19-29(39(45)54)9-5-6-16-50-36(52)12-13-37(50)53)47-41(55)51(24-30-21-46-22-34(30)44)38(28-14-17-56-18-15-28)40-48-35(32-20-31(42)10-11-33(32)43)25-49(40)23-27-7-3-2-4-8-27/h2-4,7-8,10-13,20,25-26,28-30,34,38,46H,5-6,9,14-19,21-24H2,1H3,(H2,45,54)(H,47,55)/t26-,29?,30-,34-,38+/m0/s1. The topological polar surface area (TPSA) is 152 Å². The largest absolute Gasteiger partial charge is 0.381 e. The monoisotopic (exact) mass is 777 g/mol. The number of hydrogen-bond donors (Lipinski definition) is 3. The molecular weight excluding hydrogens is 727 g/mol. The first-order valence-electron chi connectivity index (χ1n) is 19.4. The molecule has 4 heterocycles. The van der Waals surface area contributed by atoms with Crippen LogP contribution in [0.4, 0.5) is 18.0 Å². The summed E-state index contributed by atoms with van der Waals surface area (Å²) in [5.41, 5.74) is 6.90. The molecule has 5 atom stereocenters. The van der Waals surface area contributed by atoms with Gasteiger partial charge in [0.2, 0.25) is 5.91 Å². The summed E-state index contributed by atoms with van der Waals surface area (Å²) >= 11 is 0. The van der Waals surface area contributed by atoms with Gasteiger partial charge < -0.3 is 30.6 Å². The predicted molar refractivity (Wildman–Crippen MR) is 202 cm³/mol. The molecule has 5 amide bonds. The number of ether oxygens (including phenoxy) is 1. The highest BCUT2D eigenvalue weighted by Gasteiger charge is 2.41. The number of nitrogens with two attached hydrogens (primary N) is 1. The van der Waals surface area contributed by atoms with Gasteiger partial charge in [0.15, 0.2) is 0 Å². The lowest BCUT2D eigenvalue weighted by atomic mass is 9.89. The van der Waals surface area contributed by atoms with Crippen molar-refractivity contribution in [3.05, 3.63) is 89.9 Å². The predicted octanol–water partition coefficient (Wildman–Crippen LogP) is 4.89. The molecular formula is C41H50F3N7O5. The number of alkyl halides is 1. The van der Waals surface area contributed by atoms with Crippen LogP contribution in [-0.4, -0.2) is 94.7 Å². The van der Waals surface area contributed by atoms with E-state index < -0.39 is 53.7 Å². The Bertz CT molecular complexity index is 1870. The second-order valence-corrected chi connectivity index (χ2v) is 15.0. The number of amides is 5. The van der Waals surface area contributed by atoms with Gasteiger partial charge in [-0.15, -0.1) is 0 Å². The molecule has 0 spiro atoms. The second-order valence-electron chi connectivity index (χ2n) is 15.0. The average Bonchev–Trinajstić information content (AvgIpc) is 3.88. The molecule has 0 saturated carbocycles. The van der Waals surface area contributed by atoms with Gasteiger partial charge in [0.05, 0.1) is 11.7 Å². The lowest BCUT2D eigenvalue weighted by Gasteiger charge is -2.40. The van der Waals surface area contributed by atoms with Gasteiger partial charge in [-0.25, -0.2) is 22.9 Å². The summed E-state index contributed by atoms with van der Waals surface area (Å²) in [7, 11) is 0. The number of urea groups is 1. The SMILES string of the molecule is C[C@@H](CC(CCCCN1C(=O)C=CC1=O)C(N)=O)NC(=O)N(C[C@@H]1CNC[C@@H]1F)[C@@H](c1nc(-c2cc(F)ccc2F)cn1Cc1ccccc1)C1CCOCC1. The first-order chi connectivity index (χ1) is 27.0. The van der Waals surface area contributed by atoms with Crippen LogP contribution < -0.4 is 16.4 Å². The maximum Gasteiger partial charge on any atom is 0.318 e. The van der Waals surface area contributed by atoms with Crippen molar-refractivity contribution in [2.75, 3.05) is 39.4 Å². The van der Waals surface area contributed by atoms with Crippen molar-refractivity contribution in [1.29, 1.82) is 0 Å². The van der Waals surface area contributed by atoms with E-state index in [-0.39, 0.29) is 55.0 Å². The Morgan fingerprint density at radius 3 is 2.46 bits per heavy atom. The molecule has 4 N–H and O–H groups in total. The number of halogens is 3. The quantitative estimate of drug-likeness (QED) is 0.131. The molecule has 0 radical (unpaired) electrons. The molecule has 12 nitrogen and oxygen atoms in total. The van der Waals surface area contributed by atoms with Crippen molar-refractivity contribution in [2.24, 2.45) is 23.5 Å². The number of primary amides is 1. The van der Waals surface area contributed by atoms with Crippen LogP contribution in [-0.2, 0) is 25.7 Å². The summed E-state index contributed by atoms with van der Waals surface area (Å²) in [5, 5.41) is 6.15. The maximum atomic E-state index is 15.4. The van der Waals surface area contributed by atoms with Gasteiger partial charge in [0.25, 0.3) is 11.8 Å². The van der Waals surface area contributed by atoms with Crippen LogP contribution in [0.2, 0.25) is 0 Å². The van der Waals surface area contributed by atoms with E-state index in [2.05, 4.69) is 10.6 Å². The van der Waals surface area contributed by atoms with Gasteiger partial charge in [-0.05, 0) is 68.7 Å². The van der Waals surface area contributed by atoms with Crippen molar-refractivity contribution < 1.29 is 37.1 Å².